The van der Waals surface area contributed by atoms with Gasteiger partial charge in [0.15, 0.2) is 46.0 Å². The van der Waals surface area contributed by atoms with Crippen LogP contribution in [0.5, 0.6) is 0 Å². The Morgan fingerprint density at radius 1 is 0.500 bits per heavy atom. The predicted octanol–water partition coefficient (Wildman–Crippen LogP) is 4.44. The summed E-state index contributed by atoms with van der Waals surface area (Å²) in [5, 5.41) is 31.8. The lowest BCUT2D eigenvalue weighted by molar-refractivity contribution is 0.500. The van der Waals surface area contributed by atoms with Crippen LogP contribution in [0.2, 0.25) is 0 Å². The Morgan fingerprint density at radius 3 is 1.42 bits per heavy atom. The first kappa shape index (κ1) is 23.0. The Morgan fingerprint density at radius 2 is 0.917 bits per heavy atom. The third-order valence-electron chi connectivity index (χ3n) is 5.21. The first-order valence-electron chi connectivity index (χ1n) is 9.24. The largest absolute Gasteiger partial charge is 0.234 e. The van der Waals surface area contributed by atoms with E-state index < -0.39 is 97.4 Å². The number of benzene rings is 3. The van der Waals surface area contributed by atoms with Crippen LogP contribution in [0, 0.1) is 80.2 Å². The van der Waals surface area contributed by atoms with Gasteiger partial charge >= 0.3 is 0 Å². The van der Waals surface area contributed by atoms with E-state index in [-0.39, 0.29) is 0 Å². The second kappa shape index (κ2) is 7.89. The second-order valence-corrected chi connectivity index (χ2v) is 8.97. The van der Waals surface area contributed by atoms with E-state index >= 15 is 17.6 Å². The zero-order valence-corrected chi connectivity index (χ0v) is 18.4. The number of aromatic nitrogens is 2. The molecule has 0 saturated carbocycles. The predicted molar refractivity (Wildman–Crippen MR) is 116 cm³/mol. The minimum Gasteiger partial charge on any atom is -0.234 e. The van der Waals surface area contributed by atoms with E-state index in [4.69, 9.17) is 21.0 Å². The SMILES string of the molecule is N#CC(C#N)=c1nc2c(F)c3c(F)c(F)c4c(F)c(F)c5sc(=C(C#N)C#N)nc5c4c3c(F)c2s1. The van der Waals surface area contributed by atoms with Gasteiger partial charge in [0.1, 0.15) is 39.1 Å². The average Bonchev–Trinajstić information content (AvgIpc) is 3.50. The molecule has 0 bridgehead atoms. The highest BCUT2D eigenvalue weighted by Gasteiger charge is 2.31. The van der Waals surface area contributed by atoms with Crippen LogP contribution < -0.4 is 9.33 Å². The smallest absolute Gasteiger partial charge is 0.179 e. The van der Waals surface area contributed by atoms with Crippen molar-refractivity contribution in [3.63, 3.8) is 0 Å². The number of fused-ring (bicyclic) bond motifs is 6. The maximum atomic E-state index is 15.8. The van der Waals surface area contributed by atoms with Gasteiger partial charge in [-0.3, -0.25) is 0 Å². The van der Waals surface area contributed by atoms with E-state index in [2.05, 4.69) is 9.97 Å². The van der Waals surface area contributed by atoms with Crippen molar-refractivity contribution in [3.8, 4) is 24.3 Å². The average molecular weight is 526 g/mol. The third-order valence-corrected chi connectivity index (χ3v) is 7.34. The normalized spacial score (nSPS) is 10.9. The van der Waals surface area contributed by atoms with Crippen molar-refractivity contribution in [1.82, 2.24) is 9.97 Å². The van der Waals surface area contributed by atoms with Crippen LogP contribution in [0.4, 0.5) is 26.3 Å². The van der Waals surface area contributed by atoms with Gasteiger partial charge in [0.2, 0.25) is 0 Å². The molecule has 0 aliphatic carbocycles. The van der Waals surface area contributed by atoms with Crippen LogP contribution in [0.25, 0.3) is 53.1 Å². The summed E-state index contributed by atoms with van der Waals surface area (Å²) >= 11 is 0.689. The summed E-state index contributed by atoms with van der Waals surface area (Å²) in [5.41, 5.74) is -2.68. The molecule has 172 valence electrons. The van der Waals surface area contributed by atoms with Crippen LogP contribution >= 0.6 is 22.7 Å². The zero-order chi connectivity index (χ0) is 26.0. The van der Waals surface area contributed by atoms with Gasteiger partial charge in [-0.2, -0.15) is 21.0 Å². The molecule has 0 saturated heterocycles. The Bertz CT molecular complexity index is 2140. The Kier molecular flexibility index (Phi) is 5.04. The molecule has 0 unspecified atom stereocenters. The Balaban J connectivity index is 2.21. The third kappa shape index (κ3) is 2.80. The van der Waals surface area contributed by atoms with Gasteiger partial charge in [-0.15, -0.1) is 22.7 Å². The summed E-state index contributed by atoms with van der Waals surface area (Å²) < 4.78 is 89.0. The summed E-state index contributed by atoms with van der Waals surface area (Å²) in [7, 11) is 0. The molecule has 36 heavy (non-hydrogen) atoms. The highest BCUT2D eigenvalue weighted by atomic mass is 32.1. The summed E-state index contributed by atoms with van der Waals surface area (Å²) in [6, 6.07) is 5.97. The lowest BCUT2D eigenvalue weighted by Crippen LogP contribution is -2.03. The first-order valence-corrected chi connectivity index (χ1v) is 10.9. The van der Waals surface area contributed by atoms with Crippen molar-refractivity contribution in [2.24, 2.45) is 0 Å². The molecule has 0 fully saturated rings. The van der Waals surface area contributed by atoms with Gasteiger partial charge < -0.3 is 0 Å². The molecule has 0 atom stereocenters. The van der Waals surface area contributed by atoms with Gasteiger partial charge in [-0.25, -0.2) is 36.3 Å². The maximum absolute atomic E-state index is 15.8. The van der Waals surface area contributed by atoms with Gasteiger partial charge in [0.05, 0.1) is 25.7 Å². The number of hydrogen-bond donors (Lipinski definition) is 0. The highest BCUT2D eigenvalue weighted by Crippen LogP contribution is 2.43. The van der Waals surface area contributed by atoms with Gasteiger partial charge in [0.25, 0.3) is 0 Å². The molecule has 2 heterocycles. The molecule has 5 rings (SSSR count). The topological polar surface area (TPSA) is 121 Å². The lowest BCUT2D eigenvalue weighted by atomic mass is 9.98. The molecule has 6 nitrogen and oxygen atoms in total. The highest BCUT2D eigenvalue weighted by molar-refractivity contribution is 7.17. The Labute approximate surface area is 201 Å². The number of rotatable bonds is 0. The zero-order valence-electron chi connectivity index (χ0n) is 16.8. The second-order valence-electron chi connectivity index (χ2n) is 6.97. The number of halogens is 6. The number of hydrogen-bond acceptors (Lipinski definition) is 8. The van der Waals surface area contributed by atoms with Crippen LogP contribution in [-0.2, 0) is 0 Å². The summed E-state index contributed by atoms with van der Waals surface area (Å²) in [6.45, 7) is 0. The van der Waals surface area contributed by atoms with Gasteiger partial charge in [0, 0.05) is 10.8 Å². The number of nitriles is 4. The molecule has 0 amide bonds. The van der Waals surface area contributed by atoms with E-state index in [1.165, 1.54) is 24.3 Å². The fourth-order valence-corrected chi connectivity index (χ4v) is 5.60. The van der Waals surface area contributed by atoms with Gasteiger partial charge in [-0.05, 0) is 0 Å². The quantitative estimate of drug-likeness (QED) is 0.217. The van der Waals surface area contributed by atoms with E-state index in [9.17, 15) is 8.78 Å². The van der Waals surface area contributed by atoms with E-state index in [0.717, 1.165) is 0 Å². The molecule has 0 aliphatic heterocycles. The molecular weight excluding hydrogens is 526 g/mol. The van der Waals surface area contributed by atoms with E-state index in [1.54, 1.807) is 0 Å². The fraction of sp³-hybridized carbons (Fsp3) is 0. The molecule has 14 heteroatoms. The minimum atomic E-state index is -2.04. The lowest BCUT2D eigenvalue weighted by Gasteiger charge is -2.12. The number of thiazole rings is 2. The first-order chi connectivity index (χ1) is 17.2. The monoisotopic (exact) mass is 526 g/mol. The fourth-order valence-electron chi connectivity index (χ4n) is 3.71. The standard InChI is InChI=1S/C22F6N6S2/c23-11-9-7(15(27)19-18(14(9)26)34-22(35-19)6(3-31)4-32)8-10(12(11)24)13(25)16(28)20-17(8)33-21(36-20)5(1-29)2-30. The van der Waals surface area contributed by atoms with Crippen molar-refractivity contribution < 1.29 is 26.3 Å². The molecule has 0 spiro atoms. The molecule has 2 aromatic heterocycles. The molecule has 0 radical (unpaired) electrons. The summed E-state index contributed by atoms with van der Waals surface area (Å²) in [5.74, 6) is -10.7. The minimum absolute atomic E-state index is 0.331. The summed E-state index contributed by atoms with van der Waals surface area (Å²) in [6.07, 6.45) is 0. The molecule has 5 aromatic rings. The van der Waals surface area contributed by atoms with Crippen molar-refractivity contribution in [1.29, 1.82) is 21.0 Å². The summed E-state index contributed by atoms with van der Waals surface area (Å²) in [4.78, 5) is 7.53. The van der Waals surface area contributed by atoms with E-state index in [0.29, 0.717) is 22.7 Å². The van der Waals surface area contributed by atoms with E-state index in [1.807, 2.05) is 0 Å². The van der Waals surface area contributed by atoms with Gasteiger partial charge in [-0.1, -0.05) is 0 Å². The molecule has 0 aliphatic rings. The Hall–Kier alpha value is -4.76. The van der Waals surface area contributed by atoms with Crippen LogP contribution in [0.1, 0.15) is 0 Å². The van der Waals surface area contributed by atoms with Crippen LogP contribution in [-0.4, -0.2) is 9.97 Å². The van der Waals surface area contributed by atoms with Crippen molar-refractivity contribution in [3.05, 3.63) is 44.2 Å². The van der Waals surface area contributed by atoms with Crippen LogP contribution in [0.3, 0.4) is 0 Å². The van der Waals surface area contributed by atoms with Crippen molar-refractivity contribution in [2.45, 2.75) is 0 Å². The maximum Gasteiger partial charge on any atom is 0.179 e. The number of nitrogens with zero attached hydrogens (tertiary/aromatic N) is 6. The van der Waals surface area contributed by atoms with Crippen LogP contribution in [0.15, 0.2) is 0 Å². The molecule has 3 aromatic carbocycles. The molecular formula is C22F6N6S2. The van der Waals surface area contributed by atoms with Crippen molar-refractivity contribution >= 4 is 75.8 Å². The van der Waals surface area contributed by atoms with Crippen molar-refractivity contribution in [2.75, 3.05) is 0 Å². The molecule has 0 N–H and O–H groups in total.